The molecule has 1 saturated carbocycles. The molecule has 1 aliphatic carbocycles. The number of pyridine rings is 1. The van der Waals surface area contributed by atoms with E-state index in [4.69, 9.17) is 16.3 Å². The summed E-state index contributed by atoms with van der Waals surface area (Å²) in [6.45, 7) is 1.73. The largest absolute Gasteiger partial charge is 0.489 e. The standard InChI is InChI=1S/C24H24ClN3O2/c25-21-8-9-23(30-16-18-4-2-10-26-14-18)20(12-21)15-27-13-17-3-1-5-22(11-17)28-24(29)19-6-7-19/h1-5,8-12,14,19,27H,6-7,13,15-16H2,(H,28,29). The Balaban J connectivity index is 1.34. The monoisotopic (exact) mass is 421 g/mol. The van der Waals surface area contributed by atoms with Gasteiger partial charge in [0.05, 0.1) is 0 Å². The molecule has 4 rings (SSSR count). The van der Waals surface area contributed by atoms with Crippen molar-refractivity contribution in [3.63, 3.8) is 0 Å². The number of benzene rings is 2. The highest BCUT2D eigenvalue weighted by Crippen LogP contribution is 2.30. The van der Waals surface area contributed by atoms with Crippen LogP contribution in [-0.4, -0.2) is 10.9 Å². The quantitative estimate of drug-likeness (QED) is 0.513. The van der Waals surface area contributed by atoms with Gasteiger partial charge in [0, 0.05) is 53.2 Å². The van der Waals surface area contributed by atoms with Gasteiger partial charge in [0.1, 0.15) is 12.4 Å². The number of hydrogen-bond donors (Lipinski definition) is 2. The zero-order valence-corrected chi connectivity index (χ0v) is 17.4. The Morgan fingerprint density at radius 3 is 2.73 bits per heavy atom. The molecule has 1 heterocycles. The number of rotatable bonds is 9. The minimum absolute atomic E-state index is 0.120. The predicted octanol–water partition coefficient (Wildman–Crippen LogP) is 4.95. The van der Waals surface area contributed by atoms with Crippen molar-refractivity contribution in [3.05, 3.63) is 88.7 Å². The van der Waals surface area contributed by atoms with E-state index in [9.17, 15) is 4.79 Å². The molecule has 6 heteroatoms. The Hall–Kier alpha value is -2.89. The number of hydrogen-bond acceptors (Lipinski definition) is 4. The molecule has 0 saturated heterocycles. The summed E-state index contributed by atoms with van der Waals surface area (Å²) in [6.07, 6.45) is 5.53. The summed E-state index contributed by atoms with van der Waals surface area (Å²) >= 11 is 6.20. The van der Waals surface area contributed by atoms with Crippen molar-refractivity contribution < 1.29 is 9.53 Å². The third-order valence-corrected chi connectivity index (χ3v) is 5.16. The third-order valence-electron chi connectivity index (χ3n) is 4.93. The van der Waals surface area contributed by atoms with Crippen LogP contribution in [-0.2, 0) is 24.5 Å². The summed E-state index contributed by atoms with van der Waals surface area (Å²) in [5, 5.41) is 7.10. The Bertz CT molecular complexity index is 1010. The van der Waals surface area contributed by atoms with E-state index < -0.39 is 0 Å². The van der Waals surface area contributed by atoms with Gasteiger partial charge in [-0.2, -0.15) is 0 Å². The second-order valence-electron chi connectivity index (χ2n) is 7.47. The first-order chi connectivity index (χ1) is 14.7. The molecule has 1 amide bonds. The lowest BCUT2D eigenvalue weighted by Gasteiger charge is -2.13. The molecule has 5 nitrogen and oxygen atoms in total. The van der Waals surface area contributed by atoms with Crippen LogP contribution in [0.3, 0.4) is 0 Å². The Morgan fingerprint density at radius 2 is 1.93 bits per heavy atom. The molecule has 1 fully saturated rings. The highest BCUT2D eigenvalue weighted by atomic mass is 35.5. The van der Waals surface area contributed by atoms with Gasteiger partial charge in [0.25, 0.3) is 0 Å². The summed E-state index contributed by atoms with van der Waals surface area (Å²) in [5.74, 6) is 1.11. The number of anilines is 1. The van der Waals surface area contributed by atoms with Crippen LogP contribution >= 0.6 is 11.6 Å². The van der Waals surface area contributed by atoms with E-state index in [0.29, 0.717) is 24.7 Å². The Labute approximate surface area is 181 Å². The summed E-state index contributed by atoms with van der Waals surface area (Å²) in [5.41, 5.74) is 3.94. The van der Waals surface area contributed by atoms with Crippen molar-refractivity contribution in [2.24, 2.45) is 5.92 Å². The summed E-state index contributed by atoms with van der Waals surface area (Å²) in [7, 11) is 0. The topological polar surface area (TPSA) is 63.2 Å². The number of carbonyl (C=O) groups is 1. The minimum atomic E-state index is 0.120. The fourth-order valence-corrected chi connectivity index (χ4v) is 3.36. The molecule has 0 atom stereocenters. The average Bonchev–Trinajstić information content (AvgIpc) is 3.60. The molecule has 154 valence electrons. The zero-order chi connectivity index (χ0) is 20.8. The number of carbonyl (C=O) groups excluding carboxylic acids is 1. The summed E-state index contributed by atoms with van der Waals surface area (Å²) in [4.78, 5) is 16.1. The van der Waals surface area contributed by atoms with Gasteiger partial charge < -0.3 is 15.4 Å². The molecule has 0 bridgehead atoms. The number of aromatic nitrogens is 1. The Kier molecular flexibility index (Phi) is 6.62. The van der Waals surface area contributed by atoms with Crippen molar-refractivity contribution in [3.8, 4) is 5.75 Å². The number of nitrogens with one attached hydrogen (secondary N) is 2. The van der Waals surface area contributed by atoms with Crippen LogP contribution in [0.15, 0.2) is 67.0 Å². The zero-order valence-electron chi connectivity index (χ0n) is 16.6. The number of amides is 1. The molecule has 0 aliphatic heterocycles. The maximum absolute atomic E-state index is 12.0. The van der Waals surface area contributed by atoms with Crippen LogP contribution < -0.4 is 15.4 Å². The molecule has 0 unspecified atom stereocenters. The van der Waals surface area contributed by atoms with Crippen LogP contribution in [0.5, 0.6) is 5.75 Å². The fourth-order valence-electron chi connectivity index (χ4n) is 3.16. The molecule has 1 aliphatic rings. The number of ether oxygens (including phenoxy) is 1. The van der Waals surface area contributed by atoms with E-state index in [1.807, 2.05) is 54.6 Å². The molecular formula is C24H24ClN3O2. The lowest BCUT2D eigenvalue weighted by molar-refractivity contribution is -0.117. The lowest BCUT2D eigenvalue weighted by Crippen LogP contribution is -2.15. The van der Waals surface area contributed by atoms with E-state index in [2.05, 4.69) is 15.6 Å². The predicted molar refractivity (Wildman–Crippen MR) is 118 cm³/mol. The van der Waals surface area contributed by atoms with E-state index in [1.165, 1.54) is 0 Å². The maximum Gasteiger partial charge on any atom is 0.227 e. The van der Waals surface area contributed by atoms with Crippen LogP contribution in [0.2, 0.25) is 5.02 Å². The smallest absolute Gasteiger partial charge is 0.227 e. The van der Waals surface area contributed by atoms with Crippen molar-refractivity contribution >= 4 is 23.2 Å². The number of halogens is 1. The lowest BCUT2D eigenvalue weighted by atomic mass is 10.1. The summed E-state index contributed by atoms with van der Waals surface area (Å²) < 4.78 is 5.99. The maximum atomic E-state index is 12.0. The SMILES string of the molecule is O=C(Nc1cccc(CNCc2cc(Cl)ccc2OCc2cccnc2)c1)C1CC1. The second kappa shape index (κ2) is 9.74. The van der Waals surface area contributed by atoms with Gasteiger partial charge in [-0.15, -0.1) is 0 Å². The van der Waals surface area contributed by atoms with Gasteiger partial charge in [-0.25, -0.2) is 0 Å². The van der Waals surface area contributed by atoms with Gasteiger partial charge in [-0.1, -0.05) is 29.8 Å². The molecule has 2 N–H and O–H groups in total. The molecule has 30 heavy (non-hydrogen) atoms. The van der Waals surface area contributed by atoms with Crippen molar-refractivity contribution in [2.75, 3.05) is 5.32 Å². The Morgan fingerprint density at radius 1 is 1.07 bits per heavy atom. The van der Waals surface area contributed by atoms with E-state index in [0.717, 1.165) is 41.0 Å². The molecule has 0 spiro atoms. The van der Waals surface area contributed by atoms with Crippen molar-refractivity contribution in [2.45, 2.75) is 32.5 Å². The molecular weight excluding hydrogens is 398 g/mol. The highest BCUT2D eigenvalue weighted by Gasteiger charge is 2.29. The number of nitrogens with zero attached hydrogens (tertiary/aromatic N) is 1. The van der Waals surface area contributed by atoms with Gasteiger partial charge in [0.2, 0.25) is 5.91 Å². The molecule has 2 aromatic carbocycles. The second-order valence-corrected chi connectivity index (χ2v) is 7.91. The van der Waals surface area contributed by atoms with Crippen LogP contribution in [0, 0.1) is 5.92 Å². The van der Waals surface area contributed by atoms with Crippen molar-refractivity contribution in [1.29, 1.82) is 0 Å². The first kappa shape index (κ1) is 20.4. The fraction of sp³-hybridized carbons (Fsp3) is 0.250. The average molecular weight is 422 g/mol. The van der Waals surface area contributed by atoms with Gasteiger partial charge in [0.15, 0.2) is 0 Å². The third kappa shape index (κ3) is 5.81. The highest BCUT2D eigenvalue weighted by molar-refractivity contribution is 6.30. The van der Waals surface area contributed by atoms with E-state index in [1.54, 1.807) is 12.4 Å². The van der Waals surface area contributed by atoms with Crippen LogP contribution in [0.25, 0.3) is 0 Å². The van der Waals surface area contributed by atoms with E-state index >= 15 is 0 Å². The minimum Gasteiger partial charge on any atom is -0.489 e. The van der Waals surface area contributed by atoms with Crippen LogP contribution in [0.4, 0.5) is 5.69 Å². The van der Waals surface area contributed by atoms with Gasteiger partial charge in [-0.3, -0.25) is 9.78 Å². The van der Waals surface area contributed by atoms with E-state index in [-0.39, 0.29) is 11.8 Å². The van der Waals surface area contributed by atoms with Gasteiger partial charge >= 0.3 is 0 Å². The summed E-state index contributed by atoms with van der Waals surface area (Å²) in [6, 6.07) is 17.4. The molecule has 0 radical (unpaired) electrons. The first-order valence-corrected chi connectivity index (χ1v) is 10.5. The normalized spacial score (nSPS) is 13.1. The van der Waals surface area contributed by atoms with Gasteiger partial charge in [-0.05, 0) is 54.8 Å². The van der Waals surface area contributed by atoms with Crippen LogP contribution in [0.1, 0.15) is 29.5 Å². The molecule has 1 aromatic heterocycles. The van der Waals surface area contributed by atoms with Crippen molar-refractivity contribution in [1.82, 2.24) is 10.3 Å². The molecule has 3 aromatic rings. The first-order valence-electron chi connectivity index (χ1n) is 10.1.